The first-order chi connectivity index (χ1) is 5.68. The van der Waals surface area contributed by atoms with Crippen LogP contribution in [0.1, 0.15) is 26.7 Å². The van der Waals surface area contributed by atoms with E-state index >= 15 is 0 Å². The van der Waals surface area contributed by atoms with E-state index in [9.17, 15) is 0 Å². The minimum absolute atomic E-state index is 0.902. The first kappa shape index (κ1) is 8.31. The fourth-order valence-corrected chi connectivity index (χ4v) is 3.07. The average molecular weight is 165 g/mol. The van der Waals surface area contributed by atoms with Crippen LogP contribution in [0.15, 0.2) is 11.1 Å². The maximum Gasteiger partial charge on any atom is 0.00444 e. The van der Waals surface area contributed by atoms with Crippen molar-refractivity contribution in [2.75, 3.05) is 20.1 Å². The minimum Gasteiger partial charge on any atom is -0.305 e. The SMILES string of the molecule is CC(C)=C1C2CCC1CN(C)C2. The van der Waals surface area contributed by atoms with Crippen molar-refractivity contribution < 1.29 is 0 Å². The fourth-order valence-electron chi connectivity index (χ4n) is 3.07. The Kier molecular flexibility index (Phi) is 1.99. The van der Waals surface area contributed by atoms with Gasteiger partial charge in [-0.3, -0.25) is 0 Å². The maximum absolute atomic E-state index is 2.49. The molecule has 0 aromatic carbocycles. The van der Waals surface area contributed by atoms with Crippen molar-refractivity contribution >= 4 is 0 Å². The molecule has 2 unspecified atom stereocenters. The molecule has 1 aliphatic heterocycles. The van der Waals surface area contributed by atoms with Crippen LogP contribution in [0.2, 0.25) is 0 Å². The Bertz CT molecular complexity index is 197. The normalized spacial score (nSPS) is 35.8. The van der Waals surface area contributed by atoms with Gasteiger partial charge in [-0.15, -0.1) is 0 Å². The predicted octanol–water partition coefficient (Wildman–Crippen LogP) is 2.29. The third-order valence-electron chi connectivity index (χ3n) is 3.38. The number of hydrogen-bond donors (Lipinski definition) is 0. The van der Waals surface area contributed by atoms with Crippen molar-refractivity contribution in [3.05, 3.63) is 11.1 Å². The molecule has 68 valence electrons. The van der Waals surface area contributed by atoms with Gasteiger partial charge in [-0.25, -0.2) is 0 Å². The van der Waals surface area contributed by atoms with E-state index in [1.165, 1.54) is 25.9 Å². The topological polar surface area (TPSA) is 3.24 Å². The van der Waals surface area contributed by atoms with Gasteiger partial charge in [-0.1, -0.05) is 11.1 Å². The smallest absolute Gasteiger partial charge is 0.00444 e. The molecule has 0 N–H and O–H groups in total. The maximum atomic E-state index is 2.49. The second-order valence-electron chi connectivity index (χ2n) is 4.65. The molecular weight excluding hydrogens is 146 g/mol. The van der Waals surface area contributed by atoms with Crippen LogP contribution in [-0.4, -0.2) is 25.0 Å². The van der Waals surface area contributed by atoms with Crippen LogP contribution in [0.3, 0.4) is 0 Å². The van der Waals surface area contributed by atoms with E-state index in [0.717, 1.165) is 11.8 Å². The molecule has 0 amide bonds. The summed E-state index contributed by atoms with van der Waals surface area (Å²) in [5.74, 6) is 1.80. The number of allylic oxidation sites excluding steroid dienone is 1. The first-order valence-corrected chi connectivity index (χ1v) is 5.04. The van der Waals surface area contributed by atoms with Crippen LogP contribution in [0.25, 0.3) is 0 Å². The Morgan fingerprint density at radius 1 is 1.17 bits per heavy atom. The molecule has 2 rings (SSSR count). The van der Waals surface area contributed by atoms with Crippen LogP contribution in [-0.2, 0) is 0 Å². The molecule has 1 saturated carbocycles. The van der Waals surface area contributed by atoms with Gasteiger partial charge in [0.25, 0.3) is 0 Å². The third-order valence-corrected chi connectivity index (χ3v) is 3.38. The number of piperidine rings is 1. The van der Waals surface area contributed by atoms with Crippen molar-refractivity contribution in [3.63, 3.8) is 0 Å². The highest BCUT2D eigenvalue weighted by Crippen LogP contribution is 2.42. The molecule has 2 bridgehead atoms. The monoisotopic (exact) mass is 165 g/mol. The molecule has 1 heterocycles. The molecule has 0 aromatic rings. The Morgan fingerprint density at radius 3 is 2.08 bits per heavy atom. The van der Waals surface area contributed by atoms with Gasteiger partial charge in [0.1, 0.15) is 0 Å². The molecule has 0 spiro atoms. The zero-order chi connectivity index (χ0) is 8.72. The van der Waals surface area contributed by atoms with Crippen LogP contribution >= 0.6 is 0 Å². The summed E-state index contributed by atoms with van der Waals surface area (Å²) in [6.07, 6.45) is 2.88. The lowest BCUT2D eigenvalue weighted by molar-refractivity contribution is 0.252. The van der Waals surface area contributed by atoms with Crippen molar-refractivity contribution in [1.29, 1.82) is 0 Å². The number of rotatable bonds is 0. The molecule has 0 radical (unpaired) electrons. The van der Waals surface area contributed by atoms with Gasteiger partial charge in [0.15, 0.2) is 0 Å². The summed E-state index contributed by atoms with van der Waals surface area (Å²) in [4.78, 5) is 2.49. The van der Waals surface area contributed by atoms with E-state index in [1.54, 1.807) is 11.1 Å². The van der Waals surface area contributed by atoms with E-state index < -0.39 is 0 Å². The zero-order valence-corrected chi connectivity index (χ0v) is 8.43. The molecular formula is C11H19N. The van der Waals surface area contributed by atoms with Gasteiger partial charge in [0.05, 0.1) is 0 Å². The Labute approximate surface area is 75.4 Å². The van der Waals surface area contributed by atoms with Crippen molar-refractivity contribution in [3.8, 4) is 0 Å². The first-order valence-electron chi connectivity index (χ1n) is 5.04. The minimum atomic E-state index is 0.902. The van der Waals surface area contributed by atoms with E-state index in [4.69, 9.17) is 0 Å². The number of fused-ring (bicyclic) bond motifs is 2. The summed E-state index contributed by atoms with van der Waals surface area (Å²) in [5, 5.41) is 0. The summed E-state index contributed by atoms with van der Waals surface area (Å²) < 4.78 is 0. The highest BCUT2D eigenvalue weighted by atomic mass is 15.1. The molecule has 1 aliphatic carbocycles. The van der Waals surface area contributed by atoms with Crippen LogP contribution in [0.5, 0.6) is 0 Å². The van der Waals surface area contributed by atoms with Crippen molar-refractivity contribution in [2.45, 2.75) is 26.7 Å². The van der Waals surface area contributed by atoms with Gasteiger partial charge in [-0.2, -0.15) is 0 Å². The summed E-state index contributed by atoms with van der Waals surface area (Å²) in [7, 11) is 2.26. The second kappa shape index (κ2) is 2.88. The quantitative estimate of drug-likeness (QED) is 0.498. The molecule has 0 aromatic heterocycles. The van der Waals surface area contributed by atoms with E-state index in [2.05, 4.69) is 25.8 Å². The Balaban J connectivity index is 2.26. The van der Waals surface area contributed by atoms with E-state index in [-0.39, 0.29) is 0 Å². The molecule has 1 saturated heterocycles. The van der Waals surface area contributed by atoms with Gasteiger partial charge in [-0.05, 0) is 45.6 Å². The lowest BCUT2D eigenvalue weighted by atomic mass is 9.89. The van der Waals surface area contributed by atoms with Gasteiger partial charge in [0, 0.05) is 13.1 Å². The standard InChI is InChI=1S/C11H19N/c1-8(2)11-9-4-5-10(11)7-12(3)6-9/h9-10H,4-7H2,1-3H3. The van der Waals surface area contributed by atoms with E-state index in [0.29, 0.717) is 0 Å². The molecule has 1 heteroatoms. The molecule has 1 nitrogen and oxygen atoms in total. The van der Waals surface area contributed by atoms with Crippen molar-refractivity contribution in [1.82, 2.24) is 4.90 Å². The number of likely N-dealkylation sites (tertiary alicyclic amines) is 1. The lowest BCUT2D eigenvalue weighted by Crippen LogP contribution is -2.35. The highest BCUT2D eigenvalue weighted by molar-refractivity contribution is 5.23. The van der Waals surface area contributed by atoms with Crippen LogP contribution in [0.4, 0.5) is 0 Å². The number of nitrogens with zero attached hydrogens (tertiary/aromatic N) is 1. The summed E-state index contributed by atoms with van der Waals surface area (Å²) in [6, 6.07) is 0. The molecule has 2 aliphatic rings. The average Bonchev–Trinajstić information content (AvgIpc) is 2.24. The van der Waals surface area contributed by atoms with Crippen molar-refractivity contribution in [2.24, 2.45) is 11.8 Å². The summed E-state index contributed by atoms with van der Waals surface area (Å²) >= 11 is 0. The molecule has 2 atom stereocenters. The lowest BCUT2D eigenvalue weighted by Gasteiger charge is -2.32. The predicted molar refractivity (Wildman–Crippen MR) is 52.1 cm³/mol. The third kappa shape index (κ3) is 1.20. The summed E-state index contributed by atoms with van der Waals surface area (Å²) in [6.45, 7) is 7.17. The zero-order valence-electron chi connectivity index (χ0n) is 8.43. The Hall–Kier alpha value is -0.300. The molecule has 2 fully saturated rings. The van der Waals surface area contributed by atoms with E-state index in [1.807, 2.05) is 0 Å². The van der Waals surface area contributed by atoms with Crippen LogP contribution < -0.4 is 0 Å². The van der Waals surface area contributed by atoms with Crippen LogP contribution in [0, 0.1) is 11.8 Å². The summed E-state index contributed by atoms with van der Waals surface area (Å²) in [5.41, 5.74) is 3.39. The van der Waals surface area contributed by atoms with Gasteiger partial charge in [0.2, 0.25) is 0 Å². The largest absolute Gasteiger partial charge is 0.305 e. The number of hydrogen-bond acceptors (Lipinski definition) is 1. The van der Waals surface area contributed by atoms with Gasteiger partial charge < -0.3 is 4.90 Å². The highest BCUT2D eigenvalue weighted by Gasteiger charge is 2.36. The van der Waals surface area contributed by atoms with Gasteiger partial charge >= 0.3 is 0 Å². The molecule has 12 heavy (non-hydrogen) atoms. The fraction of sp³-hybridized carbons (Fsp3) is 0.818. The second-order valence-corrected chi connectivity index (χ2v) is 4.65. The Morgan fingerprint density at radius 2 is 1.67 bits per heavy atom.